The minimum Gasteiger partial charge on any atom is -0.319 e. The summed E-state index contributed by atoms with van der Waals surface area (Å²) in [6, 6.07) is 4.86. The number of pyridine rings is 1. The number of aromatic amines is 1. The summed E-state index contributed by atoms with van der Waals surface area (Å²) >= 11 is 0. The van der Waals surface area contributed by atoms with Crippen molar-refractivity contribution in [2.75, 3.05) is 0 Å². The van der Waals surface area contributed by atoms with Crippen molar-refractivity contribution in [1.29, 1.82) is 0 Å². The molecule has 1 N–H and O–H groups in total. The number of fused-ring (bicyclic) bond motifs is 1. The lowest BCUT2D eigenvalue weighted by Crippen LogP contribution is -2.09. The van der Waals surface area contributed by atoms with Crippen molar-refractivity contribution in [3.05, 3.63) is 50.6 Å². The van der Waals surface area contributed by atoms with Gasteiger partial charge in [-0.05, 0) is 12.1 Å². The Labute approximate surface area is 82.3 Å². The molecule has 2 aromatic rings. The second-order valence-electron chi connectivity index (χ2n) is 2.98. The van der Waals surface area contributed by atoms with Gasteiger partial charge >= 0.3 is 0 Å². The Balaban J connectivity index is 2.77. The Kier molecular flexibility index (Phi) is 1.96. The minimum atomic E-state index is -0.906. The molecule has 0 saturated carbocycles. The van der Waals surface area contributed by atoms with Crippen LogP contribution in [-0.2, 0) is 0 Å². The van der Waals surface area contributed by atoms with Gasteiger partial charge in [0.05, 0.1) is 10.4 Å². The number of benzene rings is 1. The molecule has 0 fully saturated rings. The summed E-state index contributed by atoms with van der Waals surface area (Å²) in [7, 11) is 0. The zero-order valence-electron chi connectivity index (χ0n) is 7.36. The fourth-order valence-electron chi connectivity index (χ4n) is 1.28. The molecule has 0 aliphatic rings. The summed E-state index contributed by atoms with van der Waals surface area (Å²) in [6.45, 7) is 0. The Morgan fingerprint density at radius 2 is 2.07 bits per heavy atom. The molecule has 0 saturated heterocycles. The summed E-state index contributed by atoms with van der Waals surface area (Å²) in [4.78, 5) is 23.0. The van der Waals surface area contributed by atoms with Gasteiger partial charge in [-0.2, -0.15) is 0 Å². The van der Waals surface area contributed by atoms with Gasteiger partial charge in [0.2, 0.25) is 0 Å². The molecule has 76 valence electrons. The van der Waals surface area contributed by atoms with Gasteiger partial charge in [0.25, 0.3) is 11.2 Å². The maximum Gasteiger partial charge on any atom is 0.284 e. The minimum absolute atomic E-state index is 0.148. The van der Waals surface area contributed by atoms with Gasteiger partial charge in [-0.1, -0.05) is 0 Å². The maximum absolute atomic E-state index is 12.8. The number of hydrogen-bond donors (Lipinski definition) is 1. The Bertz CT molecular complexity index is 606. The molecule has 0 bridgehead atoms. The van der Waals surface area contributed by atoms with Gasteiger partial charge in [-0.25, -0.2) is 4.39 Å². The molecule has 1 aromatic carbocycles. The zero-order chi connectivity index (χ0) is 11.0. The first-order valence-corrected chi connectivity index (χ1v) is 4.05. The zero-order valence-corrected chi connectivity index (χ0v) is 7.36. The van der Waals surface area contributed by atoms with Crippen LogP contribution < -0.4 is 5.56 Å². The number of hydrogen-bond acceptors (Lipinski definition) is 3. The van der Waals surface area contributed by atoms with E-state index in [2.05, 4.69) is 4.98 Å². The topological polar surface area (TPSA) is 76.0 Å². The highest BCUT2D eigenvalue weighted by molar-refractivity contribution is 5.80. The van der Waals surface area contributed by atoms with E-state index in [1.807, 2.05) is 0 Å². The Morgan fingerprint density at radius 3 is 2.73 bits per heavy atom. The molecule has 5 nitrogen and oxygen atoms in total. The van der Waals surface area contributed by atoms with Crippen molar-refractivity contribution < 1.29 is 9.31 Å². The number of nitrogens with zero attached hydrogens (tertiary/aromatic N) is 1. The summed E-state index contributed by atoms with van der Waals surface area (Å²) in [5.41, 5.74) is -0.789. The van der Waals surface area contributed by atoms with E-state index in [1.54, 1.807) is 0 Å². The Morgan fingerprint density at radius 1 is 1.33 bits per heavy atom. The number of aromatic nitrogens is 1. The van der Waals surface area contributed by atoms with Crippen LogP contribution in [0.15, 0.2) is 29.1 Å². The largest absolute Gasteiger partial charge is 0.319 e. The molecule has 0 radical (unpaired) electrons. The van der Waals surface area contributed by atoms with Crippen molar-refractivity contribution >= 4 is 16.6 Å². The number of nitro benzene ring substituents is 1. The van der Waals surface area contributed by atoms with Crippen LogP contribution in [0.3, 0.4) is 0 Å². The molecular formula is C9H5FN2O3. The third-order valence-electron chi connectivity index (χ3n) is 2.00. The van der Waals surface area contributed by atoms with Crippen LogP contribution in [0.4, 0.5) is 10.1 Å². The summed E-state index contributed by atoms with van der Waals surface area (Å²) in [5.74, 6) is -0.906. The van der Waals surface area contributed by atoms with Crippen LogP contribution in [0.5, 0.6) is 0 Å². The van der Waals surface area contributed by atoms with Crippen LogP contribution in [0.2, 0.25) is 0 Å². The van der Waals surface area contributed by atoms with Gasteiger partial charge in [-0.3, -0.25) is 14.9 Å². The molecule has 1 heterocycles. The van der Waals surface area contributed by atoms with Crippen molar-refractivity contribution in [1.82, 2.24) is 4.98 Å². The quantitative estimate of drug-likeness (QED) is 0.570. The van der Waals surface area contributed by atoms with Crippen LogP contribution >= 0.6 is 0 Å². The standard InChI is InChI=1S/C9H5FN2O3/c10-7-3-5-1-2-6(12(14)15)4-8(5)11-9(7)13/h1-4H,(H,11,13). The number of rotatable bonds is 1. The van der Waals surface area contributed by atoms with Crippen LogP contribution in [0, 0.1) is 15.9 Å². The molecule has 0 atom stereocenters. The highest BCUT2D eigenvalue weighted by atomic mass is 19.1. The predicted octanol–water partition coefficient (Wildman–Crippen LogP) is 1.58. The van der Waals surface area contributed by atoms with E-state index in [0.717, 1.165) is 6.07 Å². The summed E-state index contributed by atoms with van der Waals surface area (Å²) in [6.07, 6.45) is 0. The molecule has 1 aromatic heterocycles. The van der Waals surface area contributed by atoms with Crippen molar-refractivity contribution in [2.24, 2.45) is 0 Å². The van der Waals surface area contributed by atoms with Crippen molar-refractivity contribution in [2.45, 2.75) is 0 Å². The van der Waals surface area contributed by atoms with Gasteiger partial charge in [-0.15, -0.1) is 0 Å². The lowest BCUT2D eigenvalue weighted by atomic mass is 10.2. The average Bonchev–Trinajstić information content (AvgIpc) is 2.19. The molecular weight excluding hydrogens is 203 g/mol. The molecule has 2 rings (SSSR count). The lowest BCUT2D eigenvalue weighted by Gasteiger charge is -1.97. The number of halogens is 1. The molecule has 0 unspecified atom stereocenters. The average molecular weight is 208 g/mol. The fraction of sp³-hybridized carbons (Fsp3) is 0. The number of nitrogens with one attached hydrogen (secondary N) is 1. The SMILES string of the molecule is O=c1[nH]c2cc([N+](=O)[O-])ccc2cc1F. The highest BCUT2D eigenvalue weighted by Gasteiger charge is 2.08. The first-order valence-electron chi connectivity index (χ1n) is 4.05. The maximum atomic E-state index is 12.8. The molecule has 0 aliphatic heterocycles. The van der Waals surface area contributed by atoms with E-state index >= 15 is 0 Å². The normalized spacial score (nSPS) is 10.5. The van der Waals surface area contributed by atoms with E-state index < -0.39 is 16.3 Å². The number of non-ortho nitro benzene ring substituents is 1. The molecule has 0 spiro atoms. The molecule has 0 aliphatic carbocycles. The highest BCUT2D eigenvalue weighted by Crippen LogP contribution is 2.18. The monoisotopic (exact) mass is 208 g/mol. The molecule has 15 heavy (non-hydrogen) atoms. The summed E-state index contributed by atoms with van der Waals surface area (Å²) in [5, 5.41) is 10.9. The van der Waals surface area contributed by atoms with Crippen LogP contribution in [0.1, 0.15) is 0 Å². The fourth-order valence-corrected chi connectivity index (χ4v) is 1.28. The number of nitro groups is 1. The smallest absolute Gasteiger partial charge is 0.284 e. The first kappa shape index (κ1) is 9.32. The number of H-pyrrole nitrogens is 1. The van der Waals surface area contributed by atoms with E-state index in [9.17, 15) is 19.3 Å². The van der Waals surface area contributed by atoms with Gasteiger partial charge in [0, 0.05) is 17.5 Å². The molecule has 6 heteroatoms. The van der Waals surface area contributed by atoms with E-state index in [4.69, 9.17) is 0 Å². The van der Waals surface area contributed by atoms with Crippen LogP contribution in [0.25, 0.3) is 10.9 Å². The van der Waals surface area contributed by atoms with Gasteiger partial charge in [0.15, 0.2) is 5.82 Å². The third-order valence-corrected chi connectivity index (χ3v) is 2.00. The predicted molar refractivity (Wildman–Crippen MR) is 51.2 cm³/mol. The molecule has 0 amide bonds. The lowest BCUT2D eigenvalue weighted by molar-refractivity contribution is -0.384. The Hall–Kier alpha value is -2.24. The second kappa shape index (κ2) is 3.16. The second-order valence-corrected chi connectivity index (χ2v) is 2.98. The van der Waals surface area contributed by atoms with Gasteiger partial charge in [0.1, 0.15) is 0 Å². The van der Waals surface area contributed by atoms with E-state index in [1.165, 1.54) is 18.2 Å². The van der Waals surface area contributed by atoms with Crippen LogP contribution in [-0.4, -0.2) is 9.91 Å². The van der Waals surface area contributed by atoms with Gasteiger partial charge < -0.3 is 4.98 Å². The summed E-state index contributed by atoms with van der Waals surface area (Å²) < 4.78 is 12.8. The van der Waals surface area contributed by atoms with Crippen molar-refractivity contribution in [3.8, 4) is 0 Å². The third kappa shape index (κ3) is 1.56. The first-order chi connectivity index (χ1) is 7.08. The van der Waals surface area contributed by atoms with E-state index in [-0.39, 0.29) is 11.2 Å². The van der Waals surface area contributed by atoms with Crippen molar-refractivity contribution in [3.63, 3.8) is 0 Å². The van der Waals surface area contributed by atoms with E-state index in [0.29, 0.717) is 5.39 Å².